The minimum Gasteiger partial charge on any atom is -0.411 e. The lowest BCUT2D eigenvalue weighted by Crippen LogP contribution is -2.49. The number of aliphatic hydroxyl groups excluding tert-OH is 1. The van der Waals surface area contributed by atoms with E-state index in [0.29, 0.717) is 52.3 Å². The van der Waals surface area contributed by atoms with E-state index in [0.717, 1.165) is 11.8 Å². The molecule has 2 unspecified atom stereocenters. The van der Waals surface area contributed by atoms with Crippen molar-refractivity contribution in [3.63, 3.8) is 0 Å². The molecular formula is C25H28FN4O9P2S2+. The van der Waals surface area contributed by atoms with Crippen molar-refractivity contribution < 1.29 is 47.6 Å². The molecule has 2 fully saturated rings. The van der Waals surface area contributed by atoms with Crippen molar-refractivity contribution in [2.45, 2.75) is 16.7 Å². The summed E-state index contributed by atoms with van der Waals surface area (Å²) < 4.78 is 43.4. The second-order valence-corrected chi connectivity index (χ2v) is 14.7. The Labute approximate surface area is 256 Å². The maximum Gasteiger partial charge on any atom is 0.522 e. The van der Waals surface area contributed by atoms with Crippen molar-refractivity contribution in [2.24, 2.45) is 0 Å². The quantitative estimate of drug-likeness (QED) is 0.149. The van der Waals surface area contributed by atoms with Crippen molar-refractivity contribution in [1.82, 2.24) is 10.2 Å². The summed E-state index contributed by atoms with van der Waals surface area (Å²) in [5.74, 6) is -0.653. The third-order valence-electron chi connectivity index (χ3n) is 6.65. The van der Waals surface area contributed by atoms with Crippen molar-refractivity contribution >= 4 is 67.3 Å². The molecule has 2 amide bonds. The van der Waals surface area contributed by atoms with Crippen molar-refractivity contribution in [1.29, 1.82) is 0 Å². The van der Waals surface area contributed by atoms with Crippen LogP contribution in [-0.2, 0) is 25.1 Å². The zero-order valence-electron chi connectivity index (χ0n) is 22.4. The number of benzene rings is 2. The molecular weight excluding hydrogens is 645 g/mol. The number of thioether (sulfide) groups is 1. The molecule has 0 spiro atoms. The number of carbonyl (C=O) groups is 2. The Morgan fingerprint density at radius 1 is 1.19 bits per heavy atom. The third-order valence-corrected chi connectivity index (χ3v) is 11.0. The van der Waals surface area contributed by atoms with Crippen molar-refractivity contribution in [3.05, 3.63) is 65.8 Å². The van der Waals surface area contributed by atoms with Gasteiger partial charge in [-0.2, -0.15) is 4.89 Å². The zero-order chi connectivity index (χ0) is 31.3. The highest BCUT2D eigenvalue weighted by atomic mass is 32.2. The van der Waals surface area contributed by atoms with Crippen LogP contribution in [-0.4, -0.2) is 85.7 Å². The number of amides is 2. The smallest absolute Gasteiger partial charge is 0.411 e. The van der Waals surface area contributed by atoms with Gasteiger partial charge in [-0.1, -0.05) is 36.1 Å². The van der Waals surface area contributed by atoms with Crippen LogP contribution >= 0.6 is 39.6 Å². The minimum atomic E-state index is -4.75. The van der Waals surface area contributed by atoms with Gasteiger partial charge in [0, 0.05) is 43.7 Å². The molecule has 0 aliphatic carbocycles. The van der Waals surface area contributed by atoms with Gasteiger partial charge in [0.15, 0.2) is 0 Å². The second-order valence-electron chi connectivity index (χ2n) is 9.48. The van der Waals surface area contributed by atoms with Crippen LogP contribution in [0.1, 0.15) is 5.56 Å². The van der Waals surface area contributed by atoms with Gasteiger partial charge in [0.2, 0.25) is 5.91 Å². The first kappa shape index (κ1) is 33.0. The molecule has 2 atom stereocenters. The van der Waals surface area contributed by atoms with E-state index in [1.807, 2.05) is 0 Å². The number of piperazine rings is 1. The SMILES string of the molecule is O=C(CO)N1CCN(c2ccc(N3C/C(=C/NC(=S)Sc4ccc(CC([P+](=O)O)P(=O)(O)O)cc4)OC3=O)cc2F)CC1. The van der Waals surface area contributed by atoms with Gasteiger partial charge in [-0.3, -0.25) is 14.3 Å². The number of ether oxygens (including phenoxy) is 1. The van der Waals surface area contributed by atoms with Gasteiger partial charge in [0.25, 0.3) is 5.40 Å². The average molecular weight is 674 g/mol. The van der Waals surface area contributed by atoms with Crippen LogP contribution in [0.4, 0.5) is 20.6 Å². The van der Waals surface area contributed by atoms with Gasteiger partial charge in [-0.25, -0.2) is 9.18 Å². The number of nitrogens with one attached hydrogen (secondary N) is 1. The summed E-state index contributed by atoms with van der Waals surface area (Å²) >= 11 is 6.48. The van der Waals surface area contributed by atoms with Crippen molar-refractivity contribution in [3.8, 4) is 0 Å². The van der Waals surface area contributed by atoms with E-state index in [1.54, 1.807) is 41.3 Å². The average Bonchev–Trinajstić information content (AvgIpc) is 3.34. The third kappa shape index (κ3) is 8.58. The molecule has 0 radical (unpaired) electrons. The maximum atomic E-state index is 15.0. The van der Waals surface area contributed by atoms with Crippen LogP contribution in [0.3, 0.4) is 0 Å². The minimum absolute atomic E-state index is 0.0302. The highest BCUT2D eigenvalue weighted by molar-refractivity contribution is 8.23. The van der Waals surface area contributed by atoms with Gasteiger partial charge in [-0.05, 0) is 40.5 Å². The normalized spacial score (nSPS) is 17.6. The van der Waals surface area contributed by atoms with Crippen LogP contribution in [0.2, 0.25) is 0 Å². The van der Waals surface area contributed by atoms with Gasteiger partial charge in [0.1, 0.15) is 22.5 Å². The fourth-order valence-electron chi connectivity index (χ4n) is 4.41. The zero-order valence-corrected chi connectivity index (χ0v) is 25.8. The molecule has 0 aromatic heterocycles. The van der Waals surface area contributed by atoms with E-state index in [9.17, 15) is 33.4 Å². The lowest BCUT2D eigenvalue weighted by Gasteiger charge is -2.36. The first-order chi connectivity index (χ1) is 20.3. The van der Waals surface area contributed by atoms with Crippen LogP contribution < -0.4 is 15.1 Å². The lowest BCUT2D eigenvalue weighted by atomic mass is 10.2. The number of hydrogen-bond acceptors (Lipinski definition) is 9. The molecule has 2 aliphatic heterocycles. The molecule has 43 heavy (non-hydrogen) atoms. The van der Waals surface area contributed by atoms with Gasteiger partial charge in [0.05, 0.1) is 17.9 Å². The highest BCUT2D eigenvalue weighted by Gasteiger charge is 2.45. The fourth-order valence-corrected chi connectivity index (χ4v) is 7.21. The van der Waals surface area contributed by atoms with E-state index >= 15 is 4.39 Å². The predicted octanol–water partition coefficient (Wildman–Crippen LogP) is 2.71. The Morgan fingerprint density at radius 2 is 1.86 bits per heavy atom. The topological polar surface area (TPSA) is 180 Å². The monoisotopic (exact) mass is 673 g/mol. The first-order valence-corrected chi connectivity index (χ1v) is 16.9. The van der Waals surface area contributed by atoms with Crippen molar-refractivity contribution in [2.75, 3.05) is 49.1 Å². The Hall–Kier alpha value is -2.94. The molecule has 2 aliphatic rings. The summed E-state index contributed by atoms with van der Waals surface area (Å²) in [5, 5.41) is 10.2. The van der Waals surface area contributed by atoms with E-state index in [1.165, 1.54) is 22.1 Å². The molecule has 5 N–H and O–H groups in total. The molecule has 4 rings (SSSR count). The number of hydrogen-bond donors (Lipinski definition) is 5. The Balaban J connectivity index is 1.30. The molecule has 2 saturated heterocycles. The predicted molar refractivity (Wildman–Crippen MR) is 162 cm³/mol. The summed E-state index contributed by atoms with van der Waals surface area (Å²) in [5.41, 5.74) is 1.11. The molecule has 0 bridgehead atoms. The summed E-state index contributed by atoms with van der Waals surface area (Å²) in [6.07, 6.45) is 0.459. The molecule has 2 aromatic rings. The maximum absolute atomic E-state index is 15.0. The molecule has 0 saturated carbocycles. The van der Waals surface area contributed by atoms with Crippen LogP contribution in [0, 0.1) is 5.82 Å². The van der Waals surface area contributed by atoms with Crippen LogP contribution in [0.25, 0.3) is 0 Å². The molecule has 2 heterocycles. The first-order valence-electron chi connectivity index (χ1n) is 12.7. The number of anilines is 2. The standard InChI is InChI=1S/C25H27FN4O9P2S2/c26-20-12-17(3-6-21(20)28-7-9-29(10-8-28)22(32)15-31)30-14-18(39-25(30)33)13-27-24(42)43-19-4-1-16(2-5-19)11-23(40(34)35)41(36,37)38/h1-6,12-13,23,31H,7-11,14-15H2,(H3-,27,34,35,36,37,38,42)/p+1/b18-13-. The van der Waals surface area contributed by atoms with Gasteiger partial charge in [-0.15, -0.1) is 0 Å². The number of cyclic esters (lactones) is 1. The fraction of sp³-hybridized carbons (Fsp3) is 0.320. The number of thiocarbonyl (C=S) groups is 1. The number of nitrogens with zero attached hydrogens (tertiary/aromatic N) is 3. The number of carbonyl (C=O) groups excluding carboxylic acids is 2. The molecule has 18 heteroatoms. The molecule has 2 aromatic carbocycles. The Bertz CT molecular complexity index is 1480. The summed E-state index contributed by atoms with van der Waals surface area (Å²) in [4.78, 5) is 57.2. The number of halogens is 1. The Morgan fingerprint density at radius 3 is 2.44 bits per heavy atom. The van der Waals surface area contributed by atoms with E-state index in [2.05, 4.69) is 5.32 Å². The van der Waals surface area contributed by atoms with Gasteiger partial charge >= 0.3 is 21.7 Å². The number of aliphatic hydroxyl groups is 1. The summed E-state index contributed by atoms with van der Waals surface area (Å²) in [6, 6.07) is 10.8. The van der Waals surface area contributed by atoms with Crippen LogP contribution in [0.15, 0.2) is 59.3 Å². The van der Waals surface area contributed by atoms with E-state index in [-0.39, 0.29) is 24.6 Å². The Kier molecular flexibility index (Phi) is 10.9. The van der Waals surface area contributed by atoms with E-state index < -0.39 is 39.5 Å². The highest BCUT2D eigenvalue weighted by Crippen LogP contribution is 2.53. The summed E-state index contributed by atoms with van der Waals surface area (Å²) in [7, 11) is -7.82. The number of rotatable bonds is 9. The lowest BCUT2D eigenvalue weighted by molar-refractivity contribution is -0.134. The second kappa shape index (κ2) is 14.2. The largest absolute Gasteiger partial charge is 0.522 e. The summed E-state index contributed by atoms with van der Waals surface area (Å²) in [6.45, 7) is 0.987. The van der Waals surface area contributed by atoms with E-state index in [4.69, 9.17) is 22.1 Å². The van der Waals surface area contributed by atoms with Gasteiger partial charge < -0.3 is 34.7 Å². The molecule has 230 valence electrons. The van der Waals surface area contributed by atoms with Crippen LogP contribution in [0.5, 0.6) is 0 Å². The molecule has 13 nitrogen and oxygen atoms in total.